The minimum Gasteiger partial charge on any atom is -0.492 e. The van der Waals surface area contributed by atoms with Gasteiger partial charge in [0.25, 0.3) is 0 Å². The third-order valence-electron chi connectivity index (χ3n) is 10.0. The van der Waals surface area contributed by atoms with Crippen molar-refractivity contribution in [2.75, 3.05) is 51.7 Å². The normalized spacial score (nSPS) is 18.4. The Labute approximate surface area is 306 Å². The van der Waals surface area contributed by atoms with Gasteiger partial charge < -0.3 is 19.7 Å². The summed E-state index contributed by atoms with van der Waals surface area (Å²) in [6.07, 6.45) is 3.29. The maximum absolute atomic E-state index is 13.7. The number of ether oxygens (including phenoxy) is 2. The van der Waals surface area contributed by atoms with Crippen molar-refractivity contribution in [2.45, 2.75) is 70.9 Å². The molecule has 3 aromatic heterocycles. The monoisotopic (exact) mass is 705 g/mol. The highest BCUT2D eigenvalue weighted by Crippen LogP contribution is 2.39. The van der Waals surface area contributed by atoms with Crippen LogP contribution in [0.1, 0.15) is 88.2 Å². The average Bonchev–Trinajstić information content (AvgIpc) is 3.75. The number of fused-ring (bicyclic) bond motifs is 2. The van der Waals surface area contributed by atoms with Gasteiger partial charge in [-0.1, -0.05) is 58.9 Å². The summed E-state index contributed by atoms with van der Waals surface area (Å²) in [5.41, 5.74) is 4.42. The molecule has 1 saturated heterocycles. The molecule has 1 aliphatic heterocycles. The van der Waals surface area contributed by atoms with Crippen LogP contribution >= 0.6 is 0 Å². The molecule has 2 aromatic carbocycles. The van der Waals surface area contributed by atoms with Crippen molar-refractivity contribution in [3.63, 3.8) is 0 Å². The molecule has 1 aliphatic carbocycles. The molecule has 2 aliphatic rings. The minimum atomic E-state index is -0.288. The Morgan fingerprint density at radius 3 is 2.38 bits per heavy atom. The third kappa shape index (κ3) is 7.93. The number of carbonyl (C=O) groups is 1. The van der Waals surface area contributed by atoms with E-state index in [0.29, 0.717) is 12.4 Å². The molecule has 0 radical (unpaired) electrons. The Balaban J connectivity index is 1.02. The molecule has 0 unspecified atom stereocenters. The molecular weight excluding hydrogens is 654 g/mol. The summed E-state index contributed by atoms with van der Waals surface area (Å²) >= 11 is 0. The standard InChI is InChI=1S/C40H51N9O3/c1-27(2)38-44-43-36-18-15-30(26-48(36)38)52-34-17-16-33(31-9-7-8-10-32(31)34)41-39(50)42-37-25-35(40(3,4)5)45-49(37)28-11-13-29(14-12-28)51-24-23-47-21-19-46(6)20-22-47/h7-15,18,25-27,33-34H,16-17,19-24H2,1-6H3,(H2,41,42,50)/t33-,34+/m0/s1. The number of hydrogen-bond donors (Lipinski definition) is 2. The van der Waals surface area contributed by atoms with Crippen LogP contribution in [0.3, 0.4) is 0 Å². The lowest BCUT2D eigenvalue weighted by molar-refractivity contribution is 0.134. The number of anilines is 1. The minimum absolute atomic E-state index is 0.150. The molecule has 12 heteroatoms. The number of nitrogens with one attached hydrogen (secondary N) is 2. The summed E-state index contributed by atoms with van der Waals surface area (Å²) in [5.74, 6) is 3.30. The number of urea groups is 1. The van der Waals surface area contributed by atoms with Crippen LogP contribution in [-0.4, -0.2) is 86.6 Å². The molecule has 5 aromatic rings. The van der Waals surface area contributed by atoms with Gasteiger partial charge in [-0.2, -0.15) is 5.10 Å². The van der Waals surface area contributed by atoms with Gasteiger partial charge >= 0.3 is 6.03 Å². The van der Waals surface area contributed by atoms with Crippen LogP contribution < -0.4 is 20.1 Å². The molecule has 12 nitrogen and oxygen atoms in total. The fourth-order valence-electron chi connectivity index (χ4n) is 6.93. The highest BCUT2D eigenvalue weighted by Gasteiger charge is 2.30. The van der Waals surface area contributed by atoms with Crippen LogP contribution in [-0.2, 0) is 5.41 Å². The second kappa shape index (κ2) is 15.0. The van der Waals surface area contributed by atoms with Crippen LogP contribution in [0.25, 0.3) is 11.3 Å². The van der Waals surface area contributed by atoms with E-state index in [2.05, 4.69) is 84.4 Å². The smallest absolute Gasteiger partial charge is 0.320 e. The van der Waals surface area contributed by atoms with Gasteiger partial charge in [0.15, 0.2) is 5.65 Å². The number of aromatic nitrogens is 5. The van der Waals surface area contributed by atoms with Crippen LogP contribution in [0.4, 0.5) is 10.6 Å². The highest BCUT2D eigenvalue weighted by molar-refractivity contribution is 5.89. The van der Waals surface area contributed by atoms with Crippen LogP contribution in [0.15, 0.2) is 72.9 Å². The molecule has 7 rings (SSSR count). The maximum Gasteiger partial charge on any atom is 0.320 e. The number of pyridine rings is 1. The topological polar surface area (TPSA) is 114 Å². The Bertz CT molecular complexity index is 1990. The molecule has 1 fully saturated rings. The third-order valence-corrected chi connectivity index (χ3v) is 10.0. The van der Waals surface area contributed by atoms with E-state index in [1.165, 1.54) is 0 Å². The number of hydrogen-bond acceptors (Lipinski definition) is 8. The highest BCUT2D eigenvalue weighted by atomic mass is 16.5. The van der Waals surface area contributed by atoms with E-state index in [-0.39, 0.29) is 29.5 Å². The molecule has 0 bridgehead atoms. The number of amides is 2. The van der Waals surface area contributed by atoms with Crippen molar-refractivity contribution in [1.29, 1.82) is 0 Å². The summed E-state index contributed by atoms with van der Waals surface area (Å²) < 4.78 is 16.5. The first-order valence-corrected chi connectivity index (χ1v) is 18.4. The van der Waals surface area contributed by atoms with E-state index in [9.17, 15) is 4.79 Å². The van der Waals surface area contributed by atoms with Gasteiger partial charge in [-0.05, 0) is 67.4 Å². The van der Waals surface area contributed by atoms with Crippen LogP contribution in [0.2, 0.25) is 0 Å². The van der Waals surface area contributed by atoms with Crippen LogP contribution in [0, 0.1) is 0 Å². The van der Waals surface area contributed by atoms with Crippen LogP contribution in [0.5, 0.6) is 11.5 Å². The van der Waals surface area contributed by atoms with E-state index in [0.717, 1.165) is 91.0 Å². The van der Waals surface area contributed by atoms with Crippen molar-refractivity contribution in [1.82, 2.24) is 39.5 Å². The Hall–Kier alpha value is -4.94. The Morgan fingerprint density at radius 1 is 0.923 bits per heavy atom. The second-order valence-corrected chi connectivity index (χ2v) is 15.3. The lowest BCUT2D eigenvalue weighted by Gasteiger charge is -2.32. The lowest BCUT2D eigenvalue weighted by atomic mass is 9.85. The van der Waals surface area contributed by atoms with E-state index in [1.807, 2.05) is 65.2 Å². The quantitative estimate of drug-likeness (QED) is 0.164. The Kier molecular flexibility index (Phi) is 10.2. The first kappa shape index (κ1) is 35.5. The first-order valence-electron chi connectivity index (χ1n) is 18.4. The largest absolute Gasteiger partial charge is 0.492 e. The van der Waals surface area contributed by atoms with Gasteiger partial charge in [0, 0.05) is 50.1 Å². The fraction of sp³-hybridized carbons (Fsp3) is 0.450. The first-order chi connectivity index (χ1) is 25.0. The van der Waals surface area contributed by atoms with E-state index >= 15 is 0 Å². The molecule has 52 heavy (non-hydrogen) atoms. The van der Waals surface area contributed by atoms with Crippen molar-refractivity contribution in [2.24, 2.45) is 0 Å². The average molecular weight is 706 g/mol. The van der Waals surface area contributed by atoms with Crippen molar-refractivity contribution < 1.29 is 14.3 Å². The predicted molar refractivity (Wildman–Crippen MR) is 203 cm³/mol. The van der Waals surface area contributed by atoms with Crippen molar-refractivity contribution in [3.8, 4) is 17.2 Å². The predicted octanol–water partition coefficient (Wildman–Crippen LogP) is 6.74. The summed E-state index contributed by atoms with van der Waals surface area (Å²) in [7, 11) is 2.17. The molecular formula is C40H51N9O3. The summed E-state index contributed by atoms with van der Waals surface area (Å²) in [5, 5.41) is 19.9. The zero-order chi connectivity index (χ0) is 36.4. The van der Waals surface area contributed by atoms with E-state index in [1.54, 1.807) is 4.68 Å². The lowest BCUT2D eigenvalue weighted by Crippen LogP contribution is -2.45. The SMILES string of the molecule is CC(C)c1nnc2ccc(O[C@@H]3CC[C@H](NC(=O)Nc4cc(C(C)(C)C)nn4-c4ccc(OCCN5CCN(C)CC5)cc4)c4ccccc43)cn12. The summed E-state index contributed by atoms with van der Waals surface area (Å²) in [4.78, 5) is 18.5. The van der Waals surface area contributed by atoms with Gasteiger partial charge in [-0.25, -0.2) is 9.48 Å². The van der Waals surface area contributed by atoms with Gasteiger partial charge in [-0.3, -0.25) is 14.6 Å². The summed E-state index contributed by atoms with van der Waals surface area (Å²) in [6, 6.07) is 21.5. The van der Waals surface area contributed by atoms with Crippen molar-refractivity contribution >= 4 is 17.5 Å². The second-order valence-electron chi connectivity index (χ2n) is 15.3. The zero-order valence-electron chi connectivity index (χ0n) is 31.2. The van der Waals surface area contributed by atoms with Crippen molar-refractivity contribution in [3.05, 3.63) is 95.6 Å². The molecule has 2 amide bonds. The molecule has 274 valence electrons. The molecule has 4 heterocycles. The van der Waals surface area contributed by atoms with E-state index < -0.39 is 0 Å². The number of rotatable bonds is 10. The van der Waals surface area contributed by atoms with Gasteiger partial charge in [0.1, 0.15) is 35.9 Å². The number of piperazine rings is 1. The van der Waals surface area contributed by atoms with Gasteiger partial charge in [0.2, 0.25) is 0 Å². The maximum atomic E-state index is 13.7. The van der Waals surface area contributed by atoms with Gasteiger partial charge in [-0.15, -0.1) is 10.2 Å². The zero-order valence-corrected chi connectivity index (χ0v) is 31.2. The Morgan fingerprint density at radius 2 is 1.65 bits per heavy atom. The number of nitrogens with zero attached hydrogens (tertiary/aromatic N) is 7. The van der Waals surface area contributed by atoms with E-state index in [4.69, 9.17) is 14.6 Å². The molecule has 2 atom stereocenters. The van der Waals surface area contributed by atoms with Gasteiger partial charge in [0.05, 0.1) is 23.6 Å². The molecule has 0 spiro atoms. The molecule has 0 saturated carbocycles. The number of carbonyl (C=O) groups excluding carboxylic acids is 1. The number of likely N-dealkylation sites (N-methyl/N-ethyl adjacent to an activating group) is 1. The summed E-state index contributed by atoms with van der Waals surface area (Å²) in [6.45, 7) is 16.4. The fourth-order valence-corrected chi connectivity index (χ4v) is 6.93. The number of benzene rings is 2. The molecule has 2 N–H and O–H groups in total.